The summed E-state index contributed by atoms with van der Waals surface area (Å²) < 4.78 is 11.7. The van der Waals surface area contributed by atoms with E-state index >= 15 is 0 Å². The fraction of sp³-hybridized carbons (Fsp3) is 0.308. The Labute approximate surface area is 204 Å². The quantitative estimate of drug-likeness (QED) is 0.286. The maximum atomic E-state index is 13.3. The molecule has 9 heteroatoms. The van der Waals surface area contributed by atoms with E-state index < -0.39 is 23.6 Å². The average Bonchev–Trinajstić information content (AvgIpc) is 3.28. The smallest absolute Gasteiger partial charge is 0.289 e. The van der Waals surface area contributed by atoms with Gasteiger partial charge in [0.2, 0.25) is 5.78 Å². The van der Waals surface area contributed by atoms with Crippen molar-refractivity contribution in [1.29, 1.82) is 0 Å². The molecule has 184 valence electrons. The largest absolute Gasteiger partial charge is 0.382 e. The zero-order valence-electron chi connectivity index (χ0n) is 19.9. The average molecular weight is 479 g/mol. The summed E-state index contributed by atoms with van der Waals surface area (Å²) >= 11 is 0. The van der Waals surface area contributed by atoms with Crippen LogP contribution in [-0.4, -0.2) is 66.9 Å². The van der Waals surface area contributed by atoms with Gasteiger partial charge in [0.25, 0.3) is 11.8 Å². The molecule has 9 nitrogen and oxygen atoms in total. The summed E-state index contributed by atoms with van der Waals surface area (Å²) in [6.45, 7) is 1.24. The monoisotopic (exact) mass is 478 g/mol. The molecule has 0 fully saturated rings. The van der Waals surface area contributed by atoms with Crippen LogP contribution in [0, 0.1) is 0 Å². The van der Waals surface area contributed by atoms with Gasteiger partial charge in [-0.1, -0.05) is 60.7 Å². The predicted octanol–water partition coefficient (Wildman–Crippen LogP) is 1.78. The van der Waals surface area contributed by atoms with Crippen molar-refractivity contribution in [2.75, 3.05) is 33.5 Å². The second kappa shape index (κ2) is 13.2. The zero-order chi connectivity index (χ0) is 25.0. The van der Waals surface area contributed by atoms with E-state index in [0.29, 0.717) is 24.5 Å². The fourth-order valence-electron chi connectivity index (χ4n) is 3.49. The van der Waals surface area contributed by atoms with E-state index in [9.17, 15) is 14.4 Å². The lowest BCUT2D eigenvalue weighted by molar-refractivity contribution is -0.139. The zero-order valence-corrected chi connectivity index (χ0v) is 19.9. The summed E-state index contributed by atoms with van der Waals surface area (Å²) in [5.41, 5.74) is 2.40. The van der Waals surface area contributed by atoms with Gasteiger partial charge in [-0.25, -0.2) is 0 Å². The lowest BCUT2D eigenvalue weighted by atomic mass is 10.0. The van der Waals surface area contributed by atoms with Crippen molar-refractivity contribution < 1.29 is 23.9 Å². The number of amides is 2. The van der Waals surface area contributed by atoms with Gasteiger partial charge in [0.1, 0.15) is 11.7 Å². The summed E-state index contributed by atoms with van der Waals surface area (Å²) in [6.07, 6.45) is 1.77. The van der Waals surface area contributed by atoms with Crippen LogP contribution in [0.3, 0.4) is 0 Å². The Hall–Kier alpha value is -3.82. The van der Waals surface area contributed by atoms with Gasteiger partial charge in [-0.2, -0.15) is 5.10 Å². The predicted molar refractivity (Wildman–Crippen MR) is 131 cm³/mol. The molecule has 0 bridgehead atoms. The summed E-state index contributed by atoms with van der Waals surface area (Å²) in [5, 5.41) is 9.72. The minimum absolute atomic E-state index is 0.168. The number of benzene rings is 2. The molecule has 0 aliphatic heterocycles. The molecular formula is C26H30N4O5. The number of nitrogens with zero attached hydrogens (tertiary/aromatic N) is 2. The highest BCUT2D eigenvalue weighted by Gasteiger charge is 2.29. The number of methoxy groups -OCH3 is 1. The van der Waals surface area contributed by atoms with Crippen molar-refractivity contribution in [1.82, 2.24) is 20.4 Å². The number of rotatable bonds is 13. The van der Waals surface area contributed by atoms with Gasteiger partial charge in [0.05, 0.1) is 25.4 Å². The van der Waals surface area contributed by atoms with Crippen LogP contribution >= 0.6 is 0 Å². The number of hydrogen-bond acceptors (Lipinski definition) is 6. The number of nitrogens with one attached hydrogen (secondary N) is 2. The van der Waals surface area contributed by atoms with Gasteiger partial charge < -0.3 is 20.1 Å². The van der Waals surface area contributed by atoms with E-state index in [2.05, 4.69) is 15.7 Å². The Balaban J connectivity index is 1.73. The Morgan fingerprint density at radius 2 is 1.66 bits per heavy atom. The first-order chi connectivity index (χ1) is 17.0. The van der Waals surface area contributed by atoms with Gasteiger partial charge in [-0.15, -0.1) is 0 Å². The van der Waals surface area contributed by atoms with Gasteiger partial charge >= 0.3 is 0 Å². The van der Waals surface area contributed by atoms with E-state index in [1.54, 1.807) is 25.0 Å². The van der Waals surface area contributed by atoms with E-state index in [1.807, 2.05) is 60.7 Å². The summed E-state index contributed by atoms with van der Waals surface area (Å²) in [4.78, 5) is 38.9. The first kappa shape index (κ1) is 25.8. The van der Waals surface area contributed by atoms with Crippen LogP contribution in [0.2, 0.25) is 0 Å². The lowest BCUT2D eigenvalue weighted by Crippen LogP contribution is -2.49. The van der Waals surface area contributed by atoms with Gasteiger partial charge in [-0.3, -0.25) is 19.1 Å². The number of ketones is 1. The van der Waals surface area contributed by atoms with Crippen molar-refractivity contribution >= 4 is 17.6 Å². The number of carbonyl (C=O) groups is 3. The van der Waals surface area contributed by atoms with Crippen LogP contribution in [-0.2, 0) is 32.5 Å². The van der Waals surface area contributed by atoms with Crippen molar-refractivity contribution in [3.05, 3.63) is 78.0 Å². The third-order valence-electron chi connectivity index (χ3n) is 5.21. The molecule has 1 heterocycles. The van der Waals surface area contributed by atoms with E-state index in [1.165, 1.54) is 0 Å². The van der Waals surface area contributed by atoms with Crippen molar-refractivity contribution in [3.63, 3.8) is 0 Å². The molecule has 3 rings (SSSR count). The summed E-state index contributed by atoms with van der Waals surface area (Å²) in [5.74, 6) is -2.00. The molecule has 0 saturated heterocycles. The summed E-state index contributed by atoms with van der Waals surface area (Å²) in [6, 6.07) is 17.5. The molecule has 2 N–H and O–H groups in total. The minimum atomic E-state index is -1.05. The molecule has 1 atom stereocenters. The van der Waals surface area contributed by atoms with E-state index in [-0.39, 0.29) is 19.6 Å². The van der Waals surface area contributed by atoms with Crippen LogP contribution in [0.4, 0.5) is 0 Å². The number of hydrogen-bond donors (Lipinski definition) is 2. The number of aryl methyl sites for hydroxylation is 1. The highest BCUT2D eigenvalue weighted by atomic mass is 16.5. The summed E-state index contributed by atoms with van der Waals surface area (Å²) in [7, 11) is 3.29. The SMILES string of the molecule is COCCOCCNC(=O)C(=O)[C@H](Cc1ccccc1)NC(=O)c1cn(C)nc1-c1ccccc1. The van der Waals surface area contributed by atoms with Gasteiger partial charge in [-0.05, 0) is 5.56 Å². The van der Waals surface area contributed by atoms with Crippen molar-refractivity contribution in [3.8, 4) is 11.3 Å². The van der Waals surface area contributed by atoms with Crippen LogP contribution in [0.1, 0.15) is 15.9 Å². The van der Waals surface area contributed by atoms with Crippen LogP contribution in [0.25, 0.3) is 11.3 Å². The fourth-order valence-corrected chi connectivity index (χ4v) is 3.49. The Kier molecular flexibility index (Phi) is 9.70. The second-order valence-corrected chi connectivity index (χ2v) is 7.87. The molecule has 0 unspecified atom stereocenters. The lowest BCUT2D eigenvalue weighted by Gasteiger charge is -2.18. The minimum Gasteiger partial charge on any atom is -0.382 e. The van der Waals surface area contributed by atoms with Crippen LogP contribution < -0.4 is 10.6 Å². The molecule has 0 radical (unpaired) electrons. The molecule has 0 saturated carbocycles. The second-order valence-electron chi connectivity index (χ2n) is 7.87. The first-order valence-corrected chi connectivity index (χ1v) is 11.3. The number of ether oxygens (including phenoxy) is 2. The van der Waals surface area contributed by atoms with Crippen molar-refractivity contribution in [2.24, 2.45) is 7.05 Å². The van der Waals surface area contributed by atoms with Crippen molar-refractivity contribution in [2.45, 2.75) is 12.5 Å². The molecule has 0 aliphatic carbocycles. The molecular weight excluding hydrogens is 448 g/mol. The molecule has 2 amide bonds. The molecule has 1 aromatic heterocycles. The molecule has 35 heavy (non-hydrogen) atoms. The van der Waals surface area contributed by atoms with E-state index in [4.69, 9.17) is 9.47 Å². The Morgan fingerprint density at radius 3 is 2.34 bits per heavy atom. The molecule has 2 aromatic carbocycles. The number of Topliss-reactive ketones (excluding diaryl/α,β-unsaturated/α-hetero) is 1. The highest BCUT2D eigenvalue weighted by molar-refractivity contribution is 6.38. The van der Waals surface area contributed by atoms with Gasteiger partial charge in [0.15, 0.2) is 0 Å². The topological polar surface area (TPSA) is 112 Å². The number of aromatic nitrogens is 2. The van der Waals surface area contributed by atoms with Crippen LogP contribution in [0.5, 0.6) is 0 Å². The third-order valence-corrected chi connectivity index (χ3v) is 5.21. The molecule has 0 aliphatic rings. The maximum Gasteiger partial charge on any atom is 0.289 e. The van der Waals surface area contributed by atoms with Crippen LogP contribution in [0.15, 0.2) is 66.9 Å². The third kappa shape index (κ3) is 7.59. The highest BCUT2D eigenvalue weighted by Crippen LogP contribution is 2.21. The Bertz CT molecular complexity index is 1120. The normalized spacial score (nSPS) is 11.6. The molecule has 0 spiro atoms. The number of carbonyl (C=O) groups excluding carboxylic acids is 3. The Morgan fingerprint density at radius 1 is 0.971 bits per heavy atom. The maximum absolute atomic E-state index is 13.3. The molecule has 3 aromatic rings. The van der Waals surface area contributed by atoms with E-state index in [0.717, 1.165) is 11.1 Å². The standard InChI is InChI=1S/C26H30N4O5/c1-30-18-21(23(29-30)20-11-7-4-8-12-20)25(32)28-22(17-19-9-5-3-6-10-19)24(31)26(33)27-13-14-35-16-15-34-2/h3-12,18,22H,13-17H2,1-2H3,(H,27,33)(H,28,32)/t22-/m0/s1. The van der Waals surface area contributed by atoms with Gasteiger partial charge in [0, 0.05) is 38.9 Å². The first-order valence-electron chi connectivity index (χ1n) is 11.3.